The number of pyridine rings is 1. The number of halogens is 1. The Morgan fingerprint density at radius 3 is 2.60 bits per heavy atom. The molecule has 8 nitrogen and oxygen atoms in total. The van der Waals surface area contributed by atoms with Gasteiger partial charge in [0.2, 0.25) is 0 Å². The van der Waals surface area contributed by atoms with E-state index >= 15 is 0 Å². The Morgan fingerprint density at radius 2 is 2.00 bits per heavy atom. The van der Waals surface area contributed by atoms with Gasteiger partial charge < -0.3 is 19.1 Å². The van der Waals surface area contributed by atoms with E-state index in [9.17, 15) is 23.1 Å². The molecule has 0 bridgehead atoms. The molecule has 2 fully saturated rings. The van der Waals surface area contributed by atoms with Crippen molar-refractivity contribution < 1.29 is 27.8 Å². The Bertz CT molecular complexity index is 1240. The fourth-order valence-corrected chi connectivity index (χ4v) is 5.68. The van der Waals surface area contributed by atoms with E-state index in [1.165, 1.54) is 22.8 Å². The highest BCUT2D eigenvalue weighted by molar-refractivity contribution is 7.90. The zero-order valence-corrected chi connectivity index (χ0v) is 17.3. The SMILES string of the molecule is O=C(O)c1cc2c(n(C3CC3)c1=O)-c1cc(Cl)c(OCC3COC3)cc1S(=O)(=O)C2. The van der Waals surface area contributed by atoms with Crippen LogP contribution in [0.1, 0.15) is 34.8 Å². The summed E-state index contributed by atoms with van der Waals surface area (Å²) < 4.78 is 38.3. The smallest absolute Gasteiger partial charge is 0.341 e. The fourth-order valence-electron chi connectivity index (χ4n) is 3.90. The van der Waals surface area contributed by atoms with Gasteiger partial charge in [-0.1, -0.05) is 11.6 Å². The molecule has 1 aromatic carbocycles. The molecule has 0 radical (unpaired) electrons. The number of hydrogen-bond acceptors (Lipinski definition) is 6. The molecule has 0 atom stereocenters. The Balaban J connectivity index is 1.70. The molecule has 158 valence electrons. The normalized spacial score (nSPS) is 19.5. The number of carboxylic acid groups (broad SMARTS) is 1. The van der Waals surface area contributed by atoms with Crippen molar-refractivity contribution in [3.05, 3.63) is 44.7 Å². The number of sulfone groups is 1. The van der Waals surface area contributed by atoms with Gasteiger partial charge in [0.25, 0.3) is 5.56 Å². The summed E-state index contributed by atoms with van der Waals surface area (Å²) in [4.78, 5) is 24.5. The summed E-state index contributed by atoms with van der Waals surface area (Å²) in [5.74, 6) is -1.26. The van der Waals surface area contributed by atoms with Crippen LogP contribution in [-0.2, 0) is 20.3 Å². The first kappa shape index (κ1) is 19.6. The van der Waals surface area contributed by atoms with Crippen molar-refractivity contribution in [2.45, 2.75) is 29.5 Å². The third-order valence-corrected chi connectivity index (χ3v) is 7.60. The van der Waals surface area contributed by atoms with Crippen molar-refractivity contribution in [1.29, 1.82) is 0 Å². The first-order valence-electron chi connectivity index (χ1n) is 9.55. The summed E-state index contributed by atoms with van der Waals surface area (Å²) >= 11 is 6.40. The van der Waals surface area contributed by atoms with Gasteiger partial charge in [0.05, 0.1) is 41.2 Å². The standard InChI is InChI=1S/C20H18ClNO7S/c21-15-4-13-17(5-16(15)29-8-10-6-28-7-10)30(26,27)9-11-3-14(20(24)25)19(23)22(18(11)13)12-1-2-12/h3-5,10,12H,1-2,6-9H2,(H,24,25). The van der Waals surface area contributed by atoms with Crippen LogP contribution in [0.15, 0.2) is 27.9 Å². The minimum absolute atomic E-state index is 0.0381. The fraction of sp³-hybridized carbons (Fsp3) is 0.400. The number of carboxylic acids is 1. The quantitative estimate of drug-likeness (QED) is 0.743. The predicted molar refractivity (Wildman–Crippen MR) is 107 cm³/mol. The summed E-state index contributed by atoms with van der Waals surface area (Å²) in [5, 5.41) is 9.65. The second-order valence-electron chi connectivity index (χ2n) is 7.90. The molecule has 10 heteroatoms. The van der Waals surface area contributed by atoms with Crippen LogP contribution in [-0.4, -0.2) is 43.9 Å². The predicted octanol–water partition coefficient (Wildman–Crippen LogP) is 2.51. The lowest BCUT2D eigenvalue weighted by molar-refractivity contribution is -0.0508. The molecule has 3 aliphatic rings. The van der Waals surface area contributed by atoms with E-state index in [0.29, 0.717) is 36.6 Å². The van der Waals surface area contributed by atoms with Crippen LogP contribution in [0.25, 0.3) is 11.3 Å². The van der Waals surface area contributed by atoms with Gasteiger partial charge >= 0.3 is 5.97 Å². The van der Waals surface area contributed by atoms with Crippen LogP contribution >= 0.6 is 11.6 Å². The van der Waals surface area contributed by atoms with E-state index in [2.05, 4.69) is 0 Å². The van der Waals surface area contributed by atoms with Crippen LogP contribution in [0.3, 0.4) is 0 Å². The maximum absolute atomic E-state index is 13.0. The number of aromatic carboxylic acids is 1. The largest absolute Gasteiger partial charge is 0.492 e. The Morgan fingerprint density at radius 1 is 1.27 bits per heavy atom. The summed E-state index contributed by atoms with van der Waals surface area (Å²) in [6.07, 6.45) is 1.46. The van der Waals surface area contributed by atoms with Crippen LogP contribution in [0.2, 0.25) is 5.02 Å². The van der Waals surface area contributed by atoms with Crippen LogP contribution in [0, 0.1) is 5.92 Å². The molecule has 1 saturated heterocycles. The third kappa shape index (κ3) is 3.12. The van der Waals surface area contributed by atoms with Gasteiger partial charge in [0.1, 0.15) is 11.3 Å². The minimum Gasteiger partial charge on any atom is -0.492 e. The Labute approximate surface area is 176 Å². The van der Waals surface area contributed by atoms with E-state index in [1.807, 2.05) is 0 Å². The average molecular weight is 452 g/mol. The van der Waals surface area contributed by atoms with Crippen molar-refractivity contribution in [2.75, 3.05) is 19.8 Å². The van der Waals surface area contributed by atoms with Gasteiger partial charge in [0, 0.05) is 23.6 Å². The monoisotopic (exact) mass is 451 g/mol. The highest BCUT2D eigenvalue weighted by Crippen LogP contribution is 2.46. The highest BCUT2D eigenvalue weighted by Gasteiger charge is 2.37. The van der Waals surface area contributed by atoms with Gasteiger partial charge in [0.15, 0.2) is 9.84 Å². The van der Waals surface area contributed by atoms with E-state index in [1.54, 1.807) is 0 Å². The lowest BCUT2D eigenvalue weighted by atomic mass is 10.0. The lowest BCUT2D eigenvalue weighted by Gasteiger charge is -2.27. The van der Waals surface area contributed by atoms with Crippen molar-refractivity contribution >= 4 is 27.4 Å². The molecule has 0 amide bonds. The van der Waals surface area contributed by atoms with E-state index in [0.717, 1.165) is 12.8 Å². The maximum Gasteiger partial charge on any atom is 0.341 e. The van der Waals surface area contributed by atoms with Crippen molar-refractivity contribution in [1.82, 2.24) is 4.57 Å². The summed E-state index contributed by atoms with van der Waals surface area (Å²) in [6, 6.07) is 3.93. The molecular formula is C20H18ClNO7S. The zero-order chi connectivity index (χ0) is 21.2. The highest BCUT2D eigenvalue weighted by atomic mass is 35.5. The van der Waals surface area contributed by atoms with Gasteiger partial charge in [-0.25, -0.2) is 13.2 Å². The van der Waals surface area contributed by atoms with Gasteiger partial charge in [-0.15, -0.1) is 0 Å². The Hall–Kier alpha value is -2.36. The Kier molecular flexibility index (Phi) is 4.46. The average Bonchev–Trinajstić information content (AvgIpc) is 3.45. The molecule has 0 spiro atoms. The molecule has 5 rings (SSSR count). The molecule has 2 aromatic rings. The summed E-state index contributed by atoms with van der Waals surface area (Å²) in [5.41, 5.74) is -0.0223. The molecule has 0 unspecified atom stereocenters. The van der Waals surface area contributed by atoms with E-state index in [-0.39, 0.29) is 33.4 Å². The van der Waals surface area contributed by atoms with Crippen molar-refractivity contribution in [3.8, 4) is 17.0 Å². The zero-order valence-electron chi connectivity index (χ0n) is 15.8. The third-order valence-electron chi connectivity index (χ3n) is 5.61. The number of rotatable bonds is 5. The molecule has 1 N–H and O–H groups in total. The molecule has 1 aromatic heterocycles. The summed E-state index contributed by atoms with van der Waals surface area (Å²) in [7, 11) is -3.77. The second kappa shape index (κ2) is 6.83. The number of hydrogen-bond donors (Lipinski definition) is 1. The topological polar surface area (TPSA) is 112 Å². The minimum atomic E-state index is -3.77. The van der Waals surface area contributed by atoms with Gasteiger partial charge in [-0.2, -0.15) is 0 Å². The lowest BCUT2D eigenvalue weighted by Crippen LogP contribution is -2.32. The molecule has 1 aliphatic carbocycles. The number of benzene rings is 1. The van der Waals surface area contributed by atoms with Gasteiger partial charge in [-0.3, -0.25) is 4.79 Å². The van der Waals surface area contributed by atoms with Crippen LogP contribution in [0.4, 0.5) is 0 Å². The number of nitrogens with zero attached hydrogens (tertiary/aromatic N) is 1. The second-order valence-corrected chi connectivity index (χ2v) is 10.3. The molecule has 30 heavy (non-hydrogen) atoms. The first-order chi connectivity index (χ1) is 14.3. The first-order valence-corrected chi connectivity index (χ1v) is 11.6. The summed E-state index contributed by atoms with van der Waals surface area (Å²) in [6.45, 7) is 1.55. The molecular weight excluding hydrogens is 434 g/mol. The number of carbonyl (C=O) groups is 1. The van der Waals surface area contributed by atoms with Gasteiger partial charge in [-0.05, 0) is 30.5 Å². The number of ether oxygens (including phenoxy) is 2. The number of fused-ring (bicyclic) bond motifs is 3. The van der Waals surface area contributed by atoms with Crippen molar-refractivity contribution in [2.24, 2.45) is 5.92 Å². The number of aromatic nitrogens is 1. The van der Waals surface area contributed by atoms with E-state index < -0.39 is 26.9 Å². The molecule has 1 saturated carbocycles. The molecule has 2 aliphatic heterocycles. The molecule has 3 heterocycles. The van der Waals surface area contributed by atoms with Crippen LogP contribution < -0.4 is 10.3 Å². The maximum atomic E-state index is 13.0. The van der Waals surface area contributed by atoms with Crippen molar-refractivity contribution in [3.63, 3.8) is 0 Å². The van der Waals surface area contributed by atoms with Crippen LogP contribution in [0.5, 0.6) is 5.75 Å². The van der Waals surface area contributed by atoms with E-state index in [4.69, 9.17) is 21.1 Å².